The molecule has 3 aromatic rings. The van der Waals surface area contributed by atoms with E-state index >= 15 is 0 Å². The van der Waals surface area contributed by atoms with Crippen LogP contribution >= 0.6 is 0 Å². The highest BCUT2D eigenvalue weighted by Crippen LogP contribution is 2.37. The molecule has 144 valence electrons. The van der Waals surface area contributed by atoms with Crippen molar-refractivity contribution in [2.75, 3.05) is 13.6 Å². The third kappa shape index (κ3) is 2.93. The van der Waals surface area contributed by atoms with E-state index in [2.05, 4.69) is 15.5 Å². The number of rotatable bonds is 3. The first-order valence-electron chi connectivity index (χ1n) is 9.37. The molecule has 7 nitrogen and oxygen atoms in total. The lowest BCUT2D eigenvalue weighted by molar-refractivity contribution is 0.0731. The van der Waals surface area contributed by atoms with Crippen LogP contribution in [0, 0.1) is 13.8 Å². The van der Waals surface area contributed by atoms with Gasteiger partial charge in [0.05, 0.1) is 17.0 Å². The number of aryl methyl sites for hydroxylation is 2. The zero-order chi connectivity index (χ0) is 19.8. The van der Waals surface area contributed by atoms with Crippen molar-refractivity contribution in [3.05, 3.63) is 58.4 Å². The Hall–Kier alpha value is -3.22. The van der Waals surface area contributed by atoms with E-state index in [1.54, 1.807) is 20.0 Å². The van der Waals surface area contributed by atoms with Crippen molar-refractivity contribution in [3.63, 3.8) is 0 Å². The Bertz CT molecular complexity index is 1070. The van der Waals surface area contributed by atoms with Crippen LogP contribution in [0.1, 0.15) is 56.6 Å². The van der Waals surface area contributed by atoms with Crippen LogP contribution in [0.4, 0.5) is 0 Å². The van der Waals surface area contributed by atoms with Crippen molar-refractivity contribution in [1.29, 1.82) is 0 Å². The molecule has 2 aromatic heterocycles. The Morgan fingerprint density at radius 3 is 2.75 bits per heavy atom. The Balaban J connectivity index is 1.80. The molecule has 1 N–H and O–H groups in total. The summed E-state index contributed by atoms with van der Waals surface area (Å²) in [4.78, 5) is 31.8. The van der Waals surface area contributed by atoms with Crippen molar-refractivity contribution >= 4 is 22.9 Å². The van der Waals surface area contributed by atoms with Gasteiger partial charge in [-0.25, -0.2) is 4.98 Å². The second kappa shape index (κ2) is 7.07. The molecule has 0 saturated carbocycles. The molecule has 1 aliphatic rings. The number of hydrogen-bond acceptors (Lipinski definition) is 5. The van der Waals surface area contributed by atoms with E-state index in [9.17, 15) is 9.59 Å². The van der Waals surface area contributed by atoms with Gasteiger partial charge in [-0.05, 0) is 44.4 Å². The van der Waals surface area contributed by atoms with E-state index in [4.69, 9.17) is 4.52 Å². The molecule has 1 aliphatic heterocycles. The number of hydrogen-bond donors (Lipinski definition) is 1. The van der Waals surface area contributed by atoms with Gasteiger partial charge in [0.15, 0.2) is 0 Å². The van der Waals surface area contributed by atoms with Gasteiger partial charge in [-0.2, -0.15) is 0 Å². The maximum Gasteiger partial charge on any atom is 0.259 e. The lowest BCUT2D eigenvalue weighted by Crippen LogP contribution is -2.31. The van der Waals surface area contributed by atoms with Crippen LogP contribution in [0.15, 0.2) is 34.9 Å². The quantitative estimate of drug-likeness (QED) is 0.756. The summed E-state index contributed by atoms with van der Waals surface area (Å²) in [6.07, 6.45) is 1.63. The highest BCUT2D eigenvalue weighted by Gasteiger charge is 2.35. The molecule has 4 rings (SSSR count). The third-order valence-corrected chi connectivity index (χ3v) is 5.28. The smallest absolute Gasteiger partial charge is 0.259 e. The van der Waals surface area contributed by atoms with Gasteiger partial charge in [0.1, 0.15) is 5.69 Å². The minimum absolute atomic E-state index is 0.0293. The van der Waals surface area contributed by atoms with Crippen molar-refractivity contribution in [2.24, 2.45) is 0 Å². The number of nitrogens with zero attached hydrogens (tertiary/aromatic N) is 3. The zero-order valence-electron chi connectivity index (χ0n) is 16.2. The van der Waals surface area contributed by atoms with Gasteiger partial charge in [-0.3, -0.25) is 9.59 Å². The number of carbonyl (C=O) groups is 2. The molecule has 0 spiro atoms. The number of nitrogens with one attached hydrogen (secondary N) is 1. The summed E-state index contributed by atoms with van der Waals surface area (Å²) in [5.74, 6) is -0.256. The molecule has 28 heavy (non-hydrogen) atoms. The summed E-state index contributed by atoms with van der Waals surface area (Å²) in [5.41, 5.74) is 3.68. The number of aromatic nitrogens is 2. The minimum Gasteiger partial charge on any atom is -0.355 e. The third-order valence-electron chi connectivity index (χ3n) is 5.28. The topological polar surface area (TPSA) is 88.3 Å². The first-order chi connectivity index (χ1) is 13.5. The highest BCUT2D eigenvalue weighted by molar-refractivity contribution is 6.06. The molecular weight excluding hydrogens is 356 g/mol. The van der Waals surface area contributed by atoms with E-state index < -0.39 is 0 Å². The van der Waals surface area contributed by atoms with Gasteiger partial charge >= 0.3 is 0 Å². The second-order valence-corrected chi connectivity index (χ2v) is 7.11. The molecule has 3 heterocycles. The van der Waals surface area contributed by atoms with E-state index in [0.717, 1.165) is 18.4 Å². The summed E-state index contributed by atoms with van der Waals surface area (Å²) in [5, 5.41) is 7.47. The predicted octanol–water partition coefficient (Wildman–Crippen LogP) is 3.18. The minimum atomic E-state index is -0.249. The maximum atomic E-state index is 13.2. The van der Waals surface area contributed by atoms with Crippen LogP contribution in [0.3, 0.4) is 0 Å². The zero-order valence-corrected chi connectivity index (χ0v) is 16.2. The average molecular weight is 378 g/mol. The Kier molecular flexibility index (Phi) is 4.58. The SMILES string of the molecule is CNC(=O)c1cc(C)nc2onc(C3CCCN3C(=O)c3ccccc3C)c12. The number of amides is 2. The molecule has 1 fully saturated rings. The number of carbonyl (C=O) groups excluding carboxylic acids is 2. The van der Waals surface area contributed by atoms with Crippen LogP contribution in [-0.2, 0) is 0 Å². The van der Waals surface area contributed by atoms with Crippen LogP contribution in [0.25, 0.3) is 11.1 Å². The average Bonchev–Trinajstić information content (AvgIpc) is 3.33. The van der Waals surface area contributed by atoms with Crippen molar-refractivity contribution < 1.29 is 14.1 Å². The van der Waals surface area contributed by atoms with Gasteiger partial charge in [0, 0.05) is 24.8 Å². The second-order valence-electron chi connectivity index (χ2n) is 7.11. The largest absolute Gasteiger partial charge is 0.355 e. The van der Waals surface area contributed by atoms with Crippen LogP contribution in [0.5, 0.6) is 0 Å². The Labute approximate surface area is 162 Å². The standard InChI is InChI=1S/C21H22N4O3/c1-12-7-4-5-8-14(12)21(27)25-10-6-9-16(25)18-17-15(19(26)22-3)11-13(2)23-20(17)28-24-18/h4-5,7-8,11,16H,6,9-10H2,1-3H3,(H,22,26). The number of fused-ring (bicyclic) bond motifs is 1. The molecule has 0 bridgehead atoms. The van der Waals surface area contributed by atoms with Crippen LogP contribution in [0.2, 0.25) is 0 Å². The lowest BCUT2D eigenvalue weighted by atomic mass is 10.0. The molecule has 0 radical (unpaired) electrons. The molecule has 0 aliphatic carbocycles. The summed E-state index contributed by atoms with van der Waals surface area (Å²) in [7, 11) is 1.58. The first kappa shape index (κ1) is 18.2. The summed E-state index contributed by atoms with van der Waals surface area (Å²) in [6.45, 7) is 4.37. The monoisotopic (exact) mass is 378 g/mol. The highest BCUT2D eigenvalue weighted by atomic mass is 16.5. The van der Waals surface area contributed by atoms with Gasteiger partial charge in [-0.15, -0.1) is 0 Å². The Morgan fingerprint density at radius 1 is 1.21 bits per heavy atom. The fourth-order valence-corrected chi connectivity index (χ4v) is 3.90. The van der Waals surface area contributed by atoms with E-state index in [1.165, 1.54) is 0 Å². The van der Waals surface area contributed by atoms with Gasteiger partial charge in [0.2, 0.25) is 0 Å². The molecule has 2 amide bonds. The molecule has 7 heteroatoms. The molecule has 1 atom stereocenters. The van der Waals surface area contributed by atoms with E-state index in [0.29, 0.717) is 40.2 Å². The van der Waals surface area contributed by atoms with Crippen molar-refractivity contribution in [2.45, 2.75) is 32.7 Å². The van der Waals surface area contributed by atoms with Crippen molar-refractivity contribution in [1.82, 2.24) is 20.4 Å². The normalized spacial score (nSPS) is 16.5. The number of likely N-dealkylation sites (tertiary alicyclic amines) is 1. The number of pyridine rings is 1. The lowest BCUT2D eigenvalue weighted by Gasteiger charge is -2.24. The van der Waals surface area contributed by atoms with Crippen molar-refractivity contribution in [3.8, 4) is 0 Å². The fraction of sp³-hybridized carbons (Fsp3) is 0.333. The van der Waals surface area contributed by atoms with Gasteiger partial charge in [0.25, 0.3) is 17.5 Å². The van der Waals surface area contributed by atoms with Gasteiger partial charge in [-0.1, -0.05) is 23.4 Å². The summed E-state index contributed by atoms with van der Waals surface area (Å²) < 4.78 is 5.46. The first-order valence-corrected chi connectivity index (χ1v) is 9.37. The summed E-state index contributed by atoms with van der Waals surface area (Å²) in [6, 6.07) is 9.04. The Morgan fingerprint density at radius 2 is 2.00 bits per heavy atom. The van der Waals surface area contributed by atoms with E-state index in [1.807, 2.05) is 36.1 Å². The maximum absolute atomic E-state index is 13.2. The number of benzene rings is 1. The molecule has 1 saturated heterocycles. The fourth-order valence-electron chi connectivity index (χ4n) is 3.90. The molecule has 1 aromatic carbocycles. The van der Waals surface area contributed by atoms with Crippen LogP contribution < -0.4 is 5.32 Å². The van der Waals surface area contributed by atoms with Gasteiger partial charge < -0.3 is 14.7 Å². The van der Waals surface area contributed by atoms with E-state index in [-0.39, 0.29) is 17.9 Å². The molecular formula is C21H22N4O3. The predicted molar refractivity (Wildman–Crippen MR) is 104 cm³/mol. The molecule has 1 unspecified atom stereocenters. The van der Waals surface area contributed by atoms with Crippen LogP contribution in [-0.4, -0.2) is 40.4 Å². The summed E-state index contributed by atoms with van der Waals surface area (Å²) >= 11 is 0.